The molecule has 1 aromatic carbocycles. The average Bonchev–Trinajstić information content (AvgIpc) is 2.21. The van der Waals surface area contributed by atoms with E-state index in [-0.39, 0.29) is 7.33 Å². The topological polar surface area (TPSA) is 29.1 Å². The van der Waals surface area contributed by atoms with Crippen LogP contribution < -0.4 is 5.32 Å². The van der Waals surface area contributed by atoms with Crippen molar-refractivity contribution in [1.82, 2.24) is 0 Å². The number of benzene rings is 1. The molecule has 0 unspecified atom stereocenters. The van der Waals surface area contributed by atoms with E-state index in [4.69, 9.17) is 0 Å². The molecule has 0 aromatic heterocycles. The Labute approximate surface area is 90.6 Å². The van der Waals surface area contributed by atoms with Gasteiger partial charge in [-0.05, 0) is 17.9 Å². The summed E-state index contributed by atoms with van der Waals surface area (Å²) in [7, 11) is 0. The van der Waals surface area contributed by atoms with Gasteiger partial charge >= 0.3 is 0 Å². The SMILES string of the molecule is CCC(=O)Nc1ccccc1CSC.[HH]. The third kappa shape index (κ3) is 3.07. The summed E-state index contributed by atoms with van der Waals surface area (Å²) < 4.78 is 0. The molecule has 1 aromatic rings. The molecule has 0 saturated heterocycles. The summed E-state index contributed by atoms with van der Waals surface area (Å²) in [6.07, 6.45) is 2.58. The molecule has 0 aliphatic heterocycles. The molecule has 78 valence electrons. The van der Waals surface area contributed by atoms with Crippen LogP contribution in [0.2, 0.25) is 0 Å². The first-order chi connectivity index (χ1) is 6.77. The van der Waals surface area contributed by atoms with Gasteiger partial charge in [-0.3, -0.25) is 4.79 Å². The molecule has 0 spiro atoms. The van der Waals surface area contributed by atoms with Gasteiger partial charge in [0.2, 0.25) is 5.91 Å². The maximum atomic E-state index is 11.2. The van der Waals surface area contributed by atoms with Crippen molar-refractivity contribution in [3.05, 3.63) is 29.8 Å². The van der Waals surface area contributed by atoms with E-state index in [1.165, 1.54) is 5.56 Å². The van der Waals surface area contributed by atoms with Crippen LogP contribution in [0.25, 0.3) is 0 Å². The van der Waals surface area contributed by atoms with Gasteiger partial charge in [0, 0.05) is 19.3 Å². The minimum atomic E-state index is 0. The van der Waals surface area contributed by atoms with Crippen molar-refractivity contribution in [2.24, 2.45) is 0 Å². The molecule has 0 bridgehead atoms. The Bertz CT molecular complexity index is 317. The molecule has 0 radical (unpaired) electrons. The molecule has 0 fully saturated rings. The zero-order valence-corrected chi connectivity index (χ0v) is 9.36. The van der Waals surface area contributed by atoms with Gasteiger partial charge in [0.15, 0.2) is 0 Å². The normalized spacial score (nSPS) is 9.86. The van der Waals surface area contributed by atoms with Crippen LogP contribution in [0, 0.1) is 0 Å². The monoisotopic (exact) mass is 211 g/mol. The van der Waals surface area contributed by atoms with Gasteiger partial charge in [0.1, 0.15) is 0 Å². The lowest BCUT2D eigenvalue weighted by molar-refractivity contribution is -0.115. The van der Waals surface area contributed by atoms with Gasteiger partial charge in [0.25, 0.3) is 0 Å². The Kier molecular flexibility index (Phi) is 4.53. The van der Waals surface area contributed by atoms with E-state index < -0.39 is 0 Å². The summed E-state index contributed by atoms with van der Waals surface area (Å²) in [6.45, 7) is 1.85. The highest BCUT2D eigenvalue weighted by atomic mass is 32.2. The number of nitrogens with one attached hydrogen (secondary N) is 1. The van der Waals surface area contributed by atoms with Crippen LogP contribution in [0.5, 0.6) is 0 Å². The van der Waals surface area contributed by atoms with E-state index in [1.807, 2.05) is 31.2 Å². The number of thioether (sulfide) groups is 1. The van der Waals surface area contributed by atoms with Crippen LogP contribution in [0.1, 0.15) is 20.3 Å². The molecule has 3 heteroatoms. The predicted molar refractivity (Wildman–Crippen MR) is 64.7 cm³/mol. The van der Waals surface area contributed by atoms with Crippen molar-refractivity contribution in [2.75, 3.05) is 11.6 Å². The molecule has 0 aliphatic rings. The Morgan fingerprint density at radius 3 is 2.86 bits per heavy atom. The van der Waals surface area contributed by atoms with E-state index in [9.17, 15) is 4.79 Å². The lowest BCUT2D eigenvalue weighted by Crippen LogP contribution is -2.10. The quantitative estimate of drug-likeness (QED) is 0.829. The third-order valence-electron chi connectivity index (χ3n) is 1.91. The smallest absolute Gasteiger partial charge is 0.224 e. The minimum Gasteiger partial charge on any atom is -0.326 e. The molecule has 0 saturated carbocycles. The molecular weight excluding hydrogens is 194 g/mol. The molecule has 1 N–H and O–H groups in total. The Balaban J connectivity index is 0.00000196. The van der Waals surface area contributed by atoms with Gasteiger partial charge in [-0.2, -0.15) is 11.8 Å². The molecule has 0 atom stereocenters. The number of amides is 1. The van der Waals surface area contributed by atoms with E-state index in [0.29, 0.717) is 6.42 Å². The average molecular weight is 211 g/mol. The van der Waals surface area contributed by atoms with Crippen molar-refractivity contribution in [3.8, 4) is 0 Å². The molecule has 0 aliphatic carbocycles. The van der Waals surface area contributed by atoms with Crippen molar-refractivity contribution in [2.45, 2.75) is 19.1 Å². The maximum absolute atomic E-state index is 11.2. The fraction of sp³-hybridized carbons (Fsp3) is 0.364. The molecule has 2 nitrogen and oxygen atoms in total. The number of para-hydroxylation sites is 1. The predicted octanol–water partition coefficient (Wildman–Crippen LogP) is 3.14. The van der Waals surface area contributed by atoms with Crippen LogP contribution >= 0.6 is 11.8 Å². The molecule has 14 heavy (non-hydrogen) atoms. The first kappa shape index (κ1) is 11.1. The second kappa shape index (κ2) is 5.70. The maximum Gasteiger partial charge on any atom is 0.224 e. The summed E-state index contributed by atoms with van der Waals surface area (Å²) in [5, 5.41) is 2.89. The van der Waals surface area contributed by atoms with Gasteiger partial charge in [-0.1, -0.05) is 25.1 Å². The fourth-order valence-corrected chi connectivity index (χ4v) is 1.72. The van der Waals surface area contributed by atoms with Crippen molar-refractivity contribution >= 4 is 23.4 Å². The number of carbonyl (C=O) groups excluding carboxylic acids is 1. The first-order valence-electron chi connectivity index (χ1n) is 4.64. The van der Waals surface area contributed by atoms with Crippen molar-refractivity contribution in [3.63, 3.8) is 0 Å². The molecule has 0 heterocycles. The Morgan fingerprint density at radius 2 is 2.21 bits per heavy atom. The van der Waals surface area contributed by atoms with E-state index in [0.717, 1.165) is 11.4 Å². The largest absolute Gasteiger partial charge is 0.326 e. The van der Waals surface area contributed by atoms with E-state index in [1.54, 1.807) is 11.8 Å². The summed E-state index contributed by atoms with van der Waals surface area (Å²) in [5.74, 6) is 0.999. The van der Waals surface area contributed by atoms with Gasteiger partial charge < -0.3 is 5.32 Å². The summed E-state index contributed by atoms with van der Waals surface area (Å²) in [6, 6.07) is 7.92. The summed E-state index contributed by atoms with van der Waals surface area (Å²) in [5.41, 5.74) is 2.12. The van der Waals surface area contributed by atoms with Crippen LogP contribution in [0.15, 0.2) is 24.3 Å². The zero-order chi connectivity index (χ0) is 10.4. The Hall–Kier alpha value is -0.960. The van der Waals surface area contributed by atoms with Gasteiger partial charge in [-0.15, -0.1) is 0 Å². The first-order valence-corrected chi connectivity index (χ1v) is 6.04. The number of rotatable bonds is 4. The fourth-order valence-electron chi connectivity index (χ4n) is 1.16. The number of hydrogen-bond donors (Lipinski definition) is 1. The highest BCUT2D eigenvalue weighted by Gasteiger charge is 2.03. The van der Waals surface area contributed by atoms with Gasteiger partial charge in [-0.25, -0.2) is 0 Å². The summed E-state index contributed by atoms with van der Waals surface area (Å²) in [4.78, 5) is 11.2. The second-order valence-electron chi connectivity index (χ2n) is 2.99. The number of anilines is 1. The lowest BCUT2D eigenvalue weighted by atomic mass is 10.2. The number of hydrogen-bond acceptors (Lipinski definition) is 2. The standard InChI is InChI=1S/C11H15NOS.H2/c1-3-11(13)12-10-7-5-4-6-9(10)8-14-2;/h4-7H,3,8H2,1-2H3,(H,12,13);1H. The lowest BCUT2D eigenvalue weighted by Gasteiger charge is -2.08. The van der Waals surface area contributed by atoms with Crippen molar-refractivity contribution < 1.29 is 6.22 Å². The van der Waals surface area contributed by atoms with Gasteiger partial charge in [0.05, 0.1) is 0 Å². The molecule has 1 amide bonds. The Morgan fingerprint density at radius 1 is 1.50 bits per heavy atom. The minimum absolute atomic E-state index is 0. The molecular formula is C11H17NOS. The molecule has 1 rings (SSSR count). The number of carbonyl (C=O) groups is 1. The third-order valence-corrected chi connectivity index (χ3v) is 2.51. The second-order valence-corrected chi connectivity index (χ2v) is 3.86. The highest BCUT2D eigenvalue weighted by molar-refractivity contribution is 7.97. The summed E-state index contributed by atoms with van der Waals surface area (Å²) >= 11 is 1.75. The highest BCUT2D eigenvalue weighted by Crippen LogP contribution is 2.19. The van der Waals surface area contributed by atoms with Crippen molar-refractivity contribution in [1.29, 1.82) is 0 Å². The van der Waals surface area contributed by atoms with Crippen LogP contribution in [0.3, 0.4) is 0 Å². The van der Waals surface area contributed by atoms with E-state index in [2.05, 4.69) is 11.6 Å². The van der Waals surface area contributed by atoms with Crippen LogP contribution in [-0.2, 0) is 10.5 Å². The van der Waals surface area contributed by atoms with E-state index >= 15 is 0 Å². The zero-order valence-electron chi connectivity index (χ0n) is 8.54. The van der Waals surface area contributed by atoms with Crippen LogP contribution in [-0.4, -0.2) is 12.2 Å². The van der Waals surface area contributed by atoms with Crippen LogP contribution in [0.4, 0.5) is 5.69 Å².